The number of thioether (sulfide) groups is 1. The lowest BCUT2D eigenvalue weighted by atomic mass is 10.1. The molecule has 1 aromatic heterocycles. The van der Waals surface area contributed by atoms with Gasteiger partial charge >= 0.3 is 0 Å². The number of nitrogens with zero attached hydrogens (tertiary/aromatic N) is 4. The van der Waals surface area contributed by atoms with Gasteiger partial charge in [-0.2, -0.15) is 0 Å². The molecule has 6 nitrogen and oxygen atoms in total. The van der Waals surface area contributed by atoms with Gasteiger partial charge in [-0.05, 0) is 37.1 Å². The zero-order valence-corrected chi connectivity index (χ0v) is 17.3. The van der Waals surface area contributed by atoms with Gasteiger partial charge in [0.25, 0.3) is 0 Å². The van der Waals surface area contributed by atoms with E-state index in [0.29, 0.717) is 11.8 Å². The largest absolute Gasteiger partial charge is 0.378 e. The number of carbonyl (C=O) groups excluding carboxylic acids is 1. The average Bonchev–Trinajstić information content (AvgIpc) is 2.85. The topological polar surface area (TPSA) is 63.1 Å². The van der Waals surface area contributed by atoms with Gasteiger partial charge in [0.15, 0.2) is 11.0 Å². The summed E-state index contributed by atoms with van der Waals surface area (Å²) >= 11 is 1.44. The molecule has 0 unspecified atom stereocenters. The smallest absolute Gasteiger partial charge is 0.230 e. The lowest BCUT2D eigenvalue weighted by molar-refractivity contribution is -0.119. The molecule has 0 saturated heterocycles. The van der Waals surface area contributed by atoms with Crippen molar-refractivity contribution >= 4 is 23.4 Å². The Morgan fingerprint density at radius 2 is 1.81 bits per heavy atom. The number of hydrogen-bond donors (Lipinski definition) is 1. The molecule has 27 heavy (non-hydrogen) atoms. The van der Waals surface area contributed by atoms with Crippen LogP contribution >= 0.6 is 11.8 Å². The third-order valence-corrected chi connectivity index (χ3v) is 6.05. The molecule has 1 aliphatic carbocycles. The summed E-state index contributed by atoms with van der Waals surface area (Å²) in [5.74, 6) is 1.28. The van der Waals surface area contributed by atoms with Crippen molar-refractivity contribution in [3.63, 3.8) is 0 Å². The van der Waals surface area contributed by atoms with E-state index in [1.165, 1.54) is 37.4 Å². The summed E-state index contributed by atoms with van der Waals surface area (Å²) in [4.78, 5) is 14.4. The molecule has 2 aromatic rings. The number of nitrogens with one attached hydrogen (secondary N) is 1. The van der Waals surface area contributed by atoms with Gasteiger partial charge in [-0.15, -0.1) is 10.2 Å². The molecule has 3 rings (SSSR count). The molecule has 1 heterocycles. The van der Waals surface area contributed by atoms with Crippen LogP contribution in [-0.2, 0) is 11.8 Å². The number of carbonyl (C=O) groups is 1. The molecular weight excluding hydrogens is 358 g/mol. The van der Waals surface area contributed by atoms with Crippen LogP contribution in [0.1, 0.15) is 38.5 Å². The van der Waals surface area contributed by atoms with Crippen LogP contribution < -0.4 is 10.2 Å². The van der Waals surface area contributed by atoms with E-state index in [2.05, 4.69) is 32.5 Å². The van der Waals surface area contributed by atoms with Crippen molar-refractivity contribution in [2.45, 2.75) is 49.7 Å². The molecule has 1 aliphatic rings. The Bertz CT molecular complexity index is 748. The van der Waals surface area contributed by atoms with Gasteiger partial charge in [0, 0.05) is 38.4 Å². The van der Waals surface area contributed by atoms with Crippen molar-refractivity contribution in [2.24, 2.45) is 7.05 Å². The third-order valence-electron chi connectivity index (χ3n) is 5.03. The van der Waals surface area contributed by atoms with E-state index in [4.69, 9.17) is 0 Å². The molecule has 0 aliphatic heterocycles. The summed E-state index contributed by atoms with van der Waals surface area (Å²) in [6.07, 6.45) is 7.23. The van der Waals surface area contributed by atoms with Crippen LogP contribution in [0.4, 0.5) is 5.69 Å². The molecule has 1 fully saturated rings. The van der Waals surface area contributed by atoms with E-state index in [-0.39, 0.29) is 5.91 Å². The van der Waals surface area contributed by atoms with Crippen LogP contribution in [0.3, 0.4) is 0 Å². The molecule has 1 amide bonds. The Morgan fingerprint density at radius 3 is 2.44 bits per heavy atom. The van der Waals surface area contributed by atoms with Crippen molar-refractivity contribution in [1.82, 2.24) is 20.1 Å². The highest BCUT2D eigenvalue weighted by Crippen LogP contribution is 2.24. The van der Waals surface area contributed by atoms with Gasteiger partial charge in [-0.1, -0.05) is 37.4 Å². The van der Waals surface area contributed by atoms with Crippen molar-refractivity contribution in [3.05, 3.63) is 24.3 Å². The zero-order chi connectivity index (χ0) is 19.2. The van der Waals surface area contributed by atoms with Gasteiger partial charge in [0.2, 0.25) is 5.91 Å². The standard InChI is InChI=1S/C20H29N5OS/c1-24(2)17-12-10-15(11-13-17)19-22-23-20(25(19)3)27-14-18(26)21-16-8-6-4-5-7-9-16/h10-13,16H,4-9,14H2,1-3H3,(H,21,26). The van der Waals surface area contributed by atoms with E-state index < -0.39 is 0 Å². The van der Waals surface area contributed by atoms with E-state index >= 15 is 0 Å². The maximum atomic E-state index is 12.3. The van der Waals surface area contributed by atoms with Crippen LogP contribution in [0.2, 0.25) is 0 Å². The molecule has 1 N–H and O–H groups in total. The maximum absolute atomic E-state index is 12.3. The zero-order valence-electron chi connectivity index (χ0n) is 16.4. The average molecular weight is 388 g/mol. The first-order valence-corrected chi connectivity index (χ1v) is 10.6. The summed E-state index contributed by atoms with van der Waals surface area (Å²) in [6, 6.07) is 8.57. The monoisotopic (exact) mass is 387 g/mol. The third kappa shape index (κ3) is 5.25. The number of amides is 1. The Hall–Kier alpha value is -2.02. The van der Waals surface area contributed by atoms with Crippen molar-refractivity contribution in [1.29, 1.82) is 0 Å². The number of hydrogen-bond acceptors (Lipinski definition) is 5. The highest BCUT2D eigenvalue weighted by Gasteiger charge is 2.17. The van der Waals surface area contributed by atoms with Crippen molar-refractivity contribution in [3.8, 4) is 11.4 Å². The van der Waals surface area contributed by atoms with Crippen LogP contribution in [0, 0.1) is 0 Å². The fraction of sp³-hybridized carbons (Fsp3) is 0.550. The lowest BCUT2D eigenvalue weighted by Crippen LogP contribution is -2.35. The van der Waals surface area contributed by atoms with E-state index in [1.807, 2.05) is 37.8 Å². The van der Waals surface area contributed by atoms with Gasteiger partial charge in [-0.3, -0.25) is 4.79 Å². The molecule has 0 spiro atoms. The van der Waals surface area contributed by atoms with Crippen molar-refractivity contribution < 1.29 is 4.79 Å². The van der Waals surface area contributed by atoms with Gasteiger partial charge in [-0.25, -0.2) is 0 Å². The summed E-state index contributed by atoms with van der Waals surface area (Å²) < 4.78 is 1.95. The Labute approximate surface area is 165 Å². The second-order valence-corrected chi connectivity index (χ2v) is 8.29. The highest BCUT2D eigenvalue weighted by molar-refractivity contribution is 7.99. The van der Waals surface area contributed by atoms with Gasteiger partial charge in [0.05, 0.1) is 5.75 Å². The minimum absolute atomic E-state index is 0.0896. The summed E-state index contributed by atoms with van der Waals surface area (Å²) in [5, 5.41) is 12.5. The van der Waals surface area contributed by atoms with Gasteiger partial charge < -0.3 is 14.8 Å². The van der Waals surface area contributed by atoms with E-state index in [1.54, 1.807) is 0 Å². The first-order valence-electron chi connectivity index (χ1n) is 9.64. The second kappa shape index (κ2) is 9.26. The fourth-order valence-electron chi connectivity index (χ4n) is 3.42. The minimum Gasteiger partial charge on any atom is -0.378 e. The second-order valence-electron chi connectivity index (χ2n) is 7.35. The Balaban J connectivity index is 1.57. The first-order chi connectivity index (χ1) is 13.0. The fourth-order valence-corrected chi connectivity index (χ4v) is 4.15. The van der Waals surface area contributed by atoms with Crippen LogP contribution in [0.5, 0.6) is 0 Å². The predicted octanol–water partition coefficient (Wildman–Crippen LogP) is 3.48. The normalized spacial score (nSPS) is 15.4. The van der Waals surface area contributed by atoms with E-state index in [0.717, 1.165) is 35.1 Å². The number of rotatable bonds is 6. The summed E-state index contributed by atoms with van der Waals surface area (Å²) in [6.45, 7) is 0. The molecule has 0 radical (unpaired) electrons. The van der Waals surface area contributed by atoms with Crippen LogP contribution in [-0.4, -0.2) is 46.6 Å². The Morgan fingerprint density at radius 1 is 1.15 bits per heavy atom. The SMILES string of the molecule is CN(C)c1ccc(-c2nnc(SCC(=O)NC3CCCCCC3)n2C)cc1. The maximum Gasteiger partial charge on any atom is 0.230 e. The highest BCUT2D eigenvalue weighted by atomic mass is 32.2. The van der Waals surface area contributed by atoms with Crippen LogP contribution in [0.15, 0.2) is 29.4 Å². The molecule has 1 saturated carbocycles. The molecule has 7 heteroatoms. The predicted molar refractivity (Wildman–Crippen MR) is 111 cm³/mol. The quantitative estimate of drug-likeness (QED) is 0.607. The number of aromatic nitrogens is 3. The molecule has 0 atom stereocenters. The summed E-state index contributed by atoms with van der Waals surface area (Å²) in [5.41, 5.74) is 2.16. The Kier molecular flexibility index (Phi) is 6.77. The lowest BCUT2D eigenvalue weighted by Gasteiger charge is -2.15. The van der Waals surface area contributed by atoms with Crippen molar-refractivity contribution in [2.75, 3.05) is 24.7 Å². The summed E-state index contributed by atoms with van der Waals surface area (Å²) in [7, 11) is 5.99. The van der Waals surface area contributed by atoms with E-state index in [9.17, 15) is 4.79 Å². The van der Waals surface area contributed by atoms with Crippen LogP contribution in [0.25, 0.3) is 11.4 Å². The molecule has 146 valence electrons. The molecule has 1 aromatic carbocycles. The molecule has 0 bridgehead atoms. The number of benzene rings is 1. The first kappa shape index (κ1) is 19.7. The minimum atomic E-state index is 0.0896. The molecular formula is C20H29N5OS. The number of anilines is 1. The van der Waals surface area contributed by atoms with Gasteiger partial charge in [0.1, 0.15) is 0 Å².